The summed E-state index contributed by atoms with van der Waals surface area (Å²) in [6.45, 7) is 2.20. The first-order valence-corrected chi connectivity index (χ1v) is 6.51. The Balaban J connectivity index is 2.22. The monoisotopic (exact) mass is 268 g/mol. The molecule has 2 nitrogen and oxygen atoms in total. The van der Waals surface area contributed by atoms with E-state index in [9.17, 15) is 5.26 Å². The van der Waals surface area contributed by atoms with E-state index in [1.165, 1.54) is 0 Å². The Hall–Kier alpha value is -0.780. The Morgan fingerprint density at radius 2 is 2.35 bits per heavy atom. The highest BCUT2D eigenvalue weighted by molar-refractivity contribution is 6.34. The van der Waals surface area contributed by atoms with E-state index in [2.05, 4.69) is 18.0 Å². The summed E-state index contributed by atoms with van der Waals surface area (Å²) in [4.78, 5) is 4.04. The molecule has 0 bridgehead atoms. The molecule has 0 amide bonds. The van der Waals surface area contributed by atoms with Crippen LogP contribution in [0, 0.1) is 22.7 Å². The quantitative estimate of drug-likeness (QED) is 0.752. The van der Waals surface area contributed by atoms with Gasteiger partial charge in [0.1, 0.15) is 5.15 Å². The van der Waals surface area contributed by atoms with Crippen molar-refractivity contribution in [2.75, 3.05) is 0 Å². The maximum absolute atomic E-state index is 9.40. The second-order valence-electron chi connectivity index (χ2n) is 5.02. The zero-order valence-corrected chi connectivity index (χ0v) is 11.2. The number of aromatic nitrogens is 1. The lowest BCUT2D eigenvalue weighted by Crippen LogP contribution is -2.18. The summed E-state index contributed by atoms with van der Waals surface area (Å²) in [6.07, 6.45) is 5.38. The van der Waals surface area contributed by atoms with E-state index in [-0.39, 0.29) is 5.41 Å². The third-order valence-electron chi connectivity index (χ3n) is 3.52. The molecule has 0 spiro atoms. The van der Waals surface area contributed by atoms with Gasteiger partial charge in [-0.25, -0.2) is 4.98 Å². The molecule has 1 aliphatic rings. The van der Waals surface area contributed by atoms with Gasteiger partial charge in [-0.05, 0) is 43.2 Å². The molecule has 0 aliphatic heterocycles. The van der Waals surface area contributed by atoms with Crippen molar-refractivity contribution < 1.29 is 0 Å². The lowest BCUT2D eigenvalue weighted by atomic mass is 9.81. The summed E-state index contributed by atoms with van der Waals surface area (Å²) in [6, 6.07) is 4.12. The molecule has 1 aliphatic carbocycles. The summed E-state index contributed by atoms with van der Waals surface area (Å²) < 4.78 is 0. The topological polar surface area (TPSA) is 36.7 Å². The van der Waals surface area contributed by atoms with Crippen LogP contribution < -0.4 is 0 Å². The van der Waals surface area contributed by atoms with Crippen molar-refractivity contribution in [3.8, 4) is 6.07 Å². The third kappa shape index (κ3) is 2.73. The molecule has 2 rings (SSSR count). The zero-order chi connectivity index (χ0) is 12.5. The van der Waals surface area contributed by atoms with Crippen LogP contribution in [0.2, 0.25) is 10.2 Å². The standard InChI is InChI=1S/C13H14Cl2N2/c1-9-2-3-13(5-9,8-16)6-10-7-17-12(15)4-11(10)14/h4,7,9H,2-3,5-6H2,1H3. The first-order chi connectivity index (χ1) is 8.04. The van der Waals surface area contributed by atoms with Gasteiger partial charge in [0.25, 0.3) is 0 Å². The van der Waals surface area contributed by atoms with Crippen LogP contribution in [0.5, 0.6) is 0 Å². The molecule has 2 unspecified atom stereocenters. The van der Waals surface area contributed by atoms with Crippen LogP contribution in [0.25, 0.3) is 0 Å². The number of hydrogen-bond acceptors (Lipinski definition) is 2. The minimum absolute atomic E-state index is 0.265. The van der Waals surface area contributed by atoms with Crippen molar-refractivity contribution in [3.63, 3.8) is 0 Å². The van der Waals surface area contributed by atoms with Gasteiger partial charge in [0, 0.05) is 11.2 Å². The molecule has 0 aromatic carbocycles. The maximum atomic E-state index is 9.40. The highest BCUT2D eigenvalue weighted by Gasteiger charge is 2.38. The molecule has 1 heterocycles. The van der Waals surface area contributed by atoms with Crippen LogP contribution in [0.15, 0.2) is 12.3 Å². The third-order valence-corrected chi connectivity index (χ3v) is 4.08. The Kier molecular flexibility index (Phi) is 3.61. The van der Waals surface area contributed by atoms with Crippen molar-refractivity contribution in [2.45, 2.75) is 32.6 Å². The van der Waals surface area contributed by atoms with Gasteiger partial charge in [0.2, 0.25) is 0 Å². The largest absolute Gasteiger partial charge is 0.244 e. The van der Waals surface area contributed by atoms with Gasteiger partial charge in [-0.1, -0.05) is 30.1 Å². The second kappa shape index (κ2) is 4.84. The van der Waals surface area contributed by atoms with Crippen LogP contribution in [0.4, 0.5) is 0 Å². The summed E-state index contributed by atoms with van der Waals surface area (Å²) in [7, 11) is 0. The SMILES string of the molecule is CC1CCC(C#N)(Cc2cnc(Cl)cc2Cl)C1. The molecule has 17 heavy (non-hydrogen) atoms. The number of nitrogens with zero attached hydrogens (tertiary/aromatic N) is 2. The zero-order valence-electron chi connectivity index (χ0n) is 9.71. The van der Waals surface area contributed by atoms with Gasteiger partial charge in [-0.15, -0.1) is 0 Å². The smallest absolute Gasteiger partial charge is 0.130 e. The number of pyridine rings is 1. The van der Waals surface area contributed by atoms with E-state index in [0.29, 0.717) is 22.5 Å². The van der Waals surface area contributed by atoms with Crippen molar-refractivity contribution >= 4 is 23.2 Å². The highest BCUT2D eigenvalue weighted by Crippen LogP contribution is 2.44. The van der Waals surface area contributed by atoms with Crippen molar-refractivity contribution in [2.24, 2.45) is 11.3 Å². The van der Waals surface area contributed by atoms with Gasteiger partial charge in [-0.2, -0.15) is 5.26 Å². The molecular weight excluding hydrogens is 255 g/mol. The Morgan fingerprint density at radius 1 is 1.59 bits per heavy atom. The van der Waals surface area contributed by atoms with Gasteiger partial charge in [-0.3, -0.25) is 0 Å². The number of nitriles is 1. The molecule has 1 saturated carbocycles. The molecular formula is C13H14Cl2N2. The molecule has 1 aromatic heterocycles. The minimum atomic E-state index is -0.265. The first-order valence-electron chi connectivity index (χ1n) is 5.76. The number of rotatable bonds is 2. The maximum Gasteiger partial charge on any atom is 0.130 e. The molecule has 0 radical (unpaired) electrons. The second-order valence-corrected chi connectivity index (χ2v) is 5.81. The Labute approximate surface area is 112 Å². The Bertz CT molecular complexity index is 467. The number of hydrogen-bond donors (Lipinski definition) is 0. The lowest BCUT2D eigenvalue weighted by Gasteiger charge is -2.21. The fraction of sp³-hybridized carbons (Fsp3) is 0.538. The molecule has 2 atom stereocenters. The molecule has 0 N–H and O–H groups in total. The van der Waals surface area contributed by atoms with E-state index in [1.807, 2.05) is 0 Å². The summed E-state index contributed by atoms with van der Waals surface area (Å²) in [5, 5.41) is 10.4. The predicted molar refractivity (Wildman–Crippen MR) is 69.0 cm³/mol. The van der Waals surface area contributed by atoms with E-state index < -0.39 is 0 Å². The van der Waals surface area contributed by atoms with E-state index in [4.69, 9.17) is 23.2 Å². The normalized spacial score (nSPS) is 28.0. The van der Waals surface area contributed by atoms with E-state index in [1.54, 1.807) is 12.3 Å². The molecule has 4 heteroatoms. The minimum Gasteiger partial charge on any atom is -0.244 e. The van der Waals surface area contributed by atoms with Crippen molar-refractivity contribution in [1.82, 2.24) is 4.98 Å². The summed E-state index contributed by atoms with van der Waals surface area (Å²) >= 11 is 11.9. The van der Waals surface area contributed by atoms with E-state index in [0.717, 1.165) is 24.8 Å². The van der Waals surface area contributed by atoms with Crippen LogP contribution in [0.1, 0.15) is 31.7 Å². The van der Waals surface area contributed by atoms with Crippen LogP contribution >= 0.6 is 23.2 Å². The van der Waals surface area contributed by atoms with Crippen LogP contribution in [-0.2, 0) is 6.42 Å². The van der Waals surface area contributed by atoms with Gasteiger partial charge in [0.05, 0.1) is 11.5 Å². The number of halogens is 2. The van der Waals surface area contributed by atoms with Crippen LogP contribution in [0.3, 0.4) is 0 Å². The van der Waals surface area contributed by atoms with Gasteiger partial charge < -0.3 is 0 Å². The van der Waals surface area contributed by atoms with Crippen LogP contribution in [-0.4, -0.2) is 4.98 Å². The highest BCUT2D eigenvalue weighted by atomic mass is 35.5. The van der Waals surface area contributed by atoms with E-state index >= 15 is 0 Å². The molecule has 90 valence electrons. The van der Waals surface area contributed by atoms with Gasteiger partial charge >= 0.3 is 0 Å². The van der Waals surface area contributed by atoms with Gasteiger partial charge in [0.15, 0.2) is 0 Å². The predicted octanol–water partition coefficient (Wildman–Crippen LogP) is 4.26. The summed E-state index contributed by atoms with van der Waals surface area (Å²) in [5.41, 5.74) is 0.658. The van der Waals surface area contributed by atoms with Crippen molar-refractivity contribution in [1.29, 1.82) is 5.26 Å². The average molecular weight is 269 g/mol. The fourth-order valence-electron chi connectivity index (χ4n) is 2.63. The molecule has 0 saturated heterocycles. The van der Waals surface area contributed by atoms with Crippen molar-refractivity contribution in [3.05, 3.63) is 28.0 Å². The average Bonchev–Trinajstić information content (AvgIpc) is 2.65. The Morgan fingerprint density at radius 3 is 2.88 bits per heavy atom. The first kappa shape index (κ1) is 12.7. The molecule has 1 aromatic rings. The fourth-order valence-corrected chi connectivity index (χ4v) is 3.06. The lowest BCUT2D eigenvalue weighted by molar-refractivity contribution is 0.391. The molecule has 1 fully saturated rings. The summed E-state index contributed by atoms with van der Waals surface area (Å²) in [5.74, 6) is 0.619.